The van der Waals surface area contributed by atoms with Crippen molar-refractivity contribution >= 4 is 22.9 Å². The predicted molar refractivity (Wildman–Crippen MR) is 79.0 cm³/mol. The molecule has 3 rings (SSSR count). The van der Waals surface area contributed by atoms with Gasteiger partial charge in [0.2, 0.25) is 17.6 Å². The van der Waals surface area contributed by atoms with Gasteiger partial charge >= 0.3 is 4.87 Å². The van der Waals surface area contributed by atoms with Crippen LogP contribution in [-0.4, -0.2) is 26.2 Å². The van der Waals surface area contributed by atoms with Crippen LogP contribution in [0.3, 0.4) is 0 Å². The third-order valence-corrected chi connectivity index (χ3v) is 4.56. The van der Waals surface area contributed by atoms with Crippen LogP contribution in [0.1, 0.15) is 11.6 Å². The number of ether oxygens (including phenoxy) is 1. The fraction of sp³-hybridized carbons (Fsp3) is 0.333. The summed E-state index contributed by atoms with van der Waals surface area (Å²) in [7, 11) is 1.56. The molecule has 0 atom stereocenters. The van der Waals surface area contributed by atoms with Crippen molar-refractivity contribution in [2.45, 2.75) is 19.9 Å². The summed E-state index contributed by atoms with van der Waals surface area (Å²) in [5.41, 5.74) is 0.942. The van der Waals surface area contributed by atoms with Crippen LogP contribution in [0, 0.1) is 6.92 Å². The van der Waals surface area contributed by atoms with E-state index < -0.39 is 0 Å². The molecule has 0 aliphatic heterocycles. The van der Waals surface area contributed by atoms with Crippen molar-refractivity contribution in [2.24, 2.45) is 0 Å². The Morgan fingerprint density at radius 1 is 1.48 bits per heavy atom. The van der Waals surface area contributed by atoms with Gasteiger partial charge in [0.1, 0.15) is 0 Å². The largest absolute Gasteiger partial charge is 0.480 e. The Bertz CT molecular complexity index is 801. The molecule has 0 amide bonds. The average molecular weight is 324 g/mol. The molecule has 0 aromatic carbocycles. The number of hydrogen-bond acceptors (Lipinski definition) is 8. The van der Waals surface area contributed by atoms with Crippen molar-refractivity contribution in [3.63, 3.8) is 0 Å². The predicted octanol–water partition coefficient (Wildman–Crippen LogP) is 1.98. The zero-order valence-electron chi connectivity index (χ0n) is 11.4. The molecule has 0 aliphatic rings. The van der Waals surface area contributed by atoms with Gasteiger partial charge in [-0.25, -0.2) is 0 Å². The van der Waals surface area contributed by atoms with E-state index >= 15 is 0 Å². The molecule has 110 valence electrons. The summed E-state index contributed by atoms with van der Waals surface area (Å²) in [5, 5.41) is 5.76. The monoisotopic (exact) mass is 324 g/mol. The van der Waals surface area contributed by atoms with Crippen LogP contribution in [0.2, 0.25) is 0 Å². The fourth-order valence-electron chi connectivity index (χ4n) is 1.80. The summed E-state index contributed by atoms with van der Waals surface area (Å²) in [4.78, 5) is 16.7. The third-order valence-electron chi connectivity index (χ3n) is 2.91. The van der Waals surface area contributed by atoms with Crippen LogP contribution < -0.4 is 9.61 Å². The smallest absolute Gasteiger partial charge is 0.307 e. The van der Waals surface area contributed by atoms with E-state index in [-0.39, 0.29) is 4.87 Å². The molecule has 3 aromatic rings. The SMILES string of the molecule is COc1cc(-c2noc(CCn3c(C)csc3=O)n2)sn1. The van der Waals surface area contributed by atoms with Crippen LogP contribution in [0.25, 0.3) is 10.7 Å². The highest BCUT2D eigenvalue weighted by atomic mass is 32.1. The van der Waals surface area contributed by atoms with Gasteiger partial charge < -0.3 is 13.8 Å². The zero-order chi connectivity index (χ0) is 14.8. The van der Waals surface area contributed by atoms with E-state index in [0.717, 1.165) is 10.6 Å². The van der Waals surface area contributed by atoms with Crippen LogP contribution in [-0.2, 0) is 13.0 Å². The van der Waals surface area contributed by atoms with Crippen molar-refractivity contribution in [1.82, 2.24) is 19.1 Å². The molecule has 0 saturated heterocycles. The second kappa shape index (κ2) is 5.78. The maximum Gasteiger partial charge on any atom is 0.307 e. The van der Waals surface area contributed by atoms with Gasteiger partial charge in [0.05, 0.1) is 12.0 Å². The lowest BCUT2D eigenvalue weighted by Gasteiger charge is -2.00. The van der Waals surface area contributed by atoms with E-state index in [4.69, 9.17) is 9.26 Å². The molecule has 0 saturated carbocycles. The summed E-state index contributed by atoms with van der Waals surface area (Å²) < 4.78 is 16.0. The van der Waals surface area contributed by atoms with Gasteiger partial charge in [0.25, 0.3) is 0 Å². The van der Waals surface area contributed by atoms with Gasteiger partial charge in [-0.2, -0.15) is 9.36 Å². The molecule has 0 bridgehead atoms. The summed E-state index contributed by atoms with van der Waals surface area (Å²) in [6.45, 7) is 2.43. The second-order valence-electron chi connectivity index (χ2n) is 4.29. The van der Waals surface area contributed by atoms with E-state index in [0.29, 0.717) is 30.6 Å². The maximum atomic E-state index is 11.6. The highest BCUT2D eigenvalue weighted by molar-refractivity contribution is 7.09. The highest BCUT2D eigenvalue weighted by Crippen LogP contribution is 2.25. The topological polar surface area (TPSA) is 83.0 Å². The molecule has 0 spiro atoms. The third kappa shape index (κ3) is 2.88. The van der Waals surface area contributed by atoms with Crippen molar-refractivity contribution in [3.05, 3.63) is 32.7 Å². The van der Waals surface area contributed by atoms with Gasteiger partial charge in [0.15, 0.2) is 0 Å². The normalized spacial score (nSPS) is 11.0. The molecule has 0 N–H and O–H groups in total. The van der Waals surface area contributed by atoms with E-state index in [1.165, 1.54) is 22.9 Å². The van der Waals surface area contributed by atoms with Gasteiger partial charge in [-0.1, -0.05) is 16.5 Å². The van der Waals surface area contributed by atoms with E-state index in [9.17, 15) is 4.79 Å². The number of nitrogens with zero attached hydrogens (tertiary/aromatic N) is 4. The Morgan fingerprint density at radius 3 is 3.00 bits per heavy atom. The minimum atomic E-state index is 0.0273. The first-order chi connectivity index (χ1) is 10.2. The van der Waals surface area contributed by atoms with Gasteiger partial charge in [-0.3, -0.25) is 4.79 Å². The summed E-state index contributed by atoms with van der Waals surface area (Å²) >= 11 is 2.44. The van der Waals surface area contributed by atoms with Crippen LogP contribution in [0.5, 0.6) is 5.88 Å². The second-order valence-corrected chi connectivity index (χ2v) is 5.92. The maximum absolute atomic E-state index is 11.6. The summed E-state index contributed by atoms with van der Waals surface area (Å²) in [6, 6.07) is 1.76. The number of aryl methyl sites for hydroxylation is 2. The molecule has 21 heavy (non-hydrogen) atoms. The quantitative estimate of drug-likeness (QED) is 0.713. The van der Waals surface area contributed by atoms with Crippen LogP contribution in [0.15, 0.2) is 20.8 Å². The minimum Gasteiger partial charge on any atom is -0.480 e. The van der Waals surface area contributed by atoms with E-state index in [2.05, 4.69) is 14.5 Å². The fourth-order valence-corrected chi connectivity index (χ4v) is 3.19. The van der Waals surface area contributed by atoms with Crippen LogP contribution in [0.4, 0.5) is 0 Å². The number of hydrogen-bond donors (Lipinski definition) is 0. The molecule has 0 fully saturated rings. The van der Waals surface area contributed by atoms with Crippen molar-refractivity contribution in [3.8, 4) is 16.6 Å². The molecule has 0 radical (unpaired) electrons. The summed E-state index contributed by atoms with van der Waals surface area (Å²) in [6.07, 6.45) is 0.514. The molecule has 3 aromatic heterocycles. The van der Waals surface area contributed by atoms with Gasteiger partial charge in [-0.15, -0.1) is 0 Å². The van der Waals surface area contributed by atoms with Crippen molar-refractivity contribution < 1.29 is 9.26 Å². The number of aromatic nitrogens is 4. The highest BCUT2D eigenvalue weighted by Gasteiger charge is 2.13. The number of rotatable bonds is 5. The molecule has 9 heteroatoms. The Balaban J connectivity index is 1.72. The molecular formula is C12H12N4O3S2. The van der Waals surface area contributed by atoms with Gasteiger partial charge in [-0.05, 0) is 18.5 Å². The first-order valence-corrected chi connectivity index (χ1v) is 7.81. The molecule has 7 nitrogen and oxygen atoms in total. The Kier molecular flexibility index (Phi) is 3.84. The van der Waals surface area contributed by atoms with Crippen LogP contribution >= 0.6 is 22.9 Å². The molecular weight excluding hydrogens is 312 g/mol. The van der Waals surface area contributed by atoms with Crippen molar-refractivity contribution in [2.75, 3.05) is 7.11 Å². The summed E-state index contributed by atoms with van der Waals surface area (Å²) in [5.74, 6) is 1.51. The standard InChI is InChI=1S/C12H12N4O3S2/c1-7-6-20-12(17)16(7)4-3-9-13-11(14-19-9)8-5-10(18-2)15-21-8/h5-6H,3-4H2,1-2H3. The Hall–Kier alpha value is -2.00. The lowest BCUT2D eigenvalue weighted by Crippen LogP contribution is -2.16. The average Bonchev–Trinajstić information content (AvgIpc) is 3.18. The first kappa shape index (κ1) is 14.0. The van der Waals surface area contributed by atoms with Gasteiger partial charge in [0, 0.05) is 30.1 Å². The molecule has 0 aliphatic carbocycles. The van der Waals surface area contributed by atoms with Crippen molar-refractivity contribution in [1.29, 1.82) is 0 Å². The minimum absolute atomic E-state index is 0.0273. The Morgan fingerprint density at radius 2 is 2.33 bits per heavy atom. The lowest BCUT2D eigenvalue weighted by molar-refractivity contribution is 0.371. The number of methoxy groups -OCH3 is 1. The molecule has 3 heterocycles. The lowest BCUT2D eigenvalue weighted by atomic mass is 10.4. The number of thiazole rings is 1. The first-order valence-electron chi connectivity index (χ1n) is 6.16. The molecule has 0 unspecified atom stereocenters. The van der Waals surface area contributed by atoms with E-state index in [1.807, 2.05) is 12.3 Å². The zero-order valence-corrected chi connectivity index (χ0v) is 13.0. The Labute approximate surface area is 128 Å². The van der Waals surface area contributed by atoms with E-state index in [1.54, 1.807) is 17.7 Å².